The second-order valence-electron chi connectivity index (χ2n) is 6.90. The number of thiophene rings is 1. The fourth-order valence-electron chi connectivity index (χ4n) is 3.09. The molecule has 28 heavy (non-hydrogen) atoms. The third-order valence-electron chi connectivity index (χ3n) is 4.60. The van der Waals surface area contributed by atoms with Crippen LogP contribution in [0.3, 0.4) is 0 Å². The van der Waals surface area contributed by atoms with Gasteiger partial charge in [0.2, 0.25) is 5.91 Å². The van der Waals surface area contributed by atoms with E-state index in [9.17, 15) is 14.0 Å². The van der Waals surface area contributed by atoms with Crippen LogP contribution in [-0.2, 0) is 11.3 Å². The topological polar surface area (TPSA) is 64.0 Å². The van der Waals surface area contributed by atoms with E-state index in [-0.39, 0.29) is 18.0 Å². The Morgan fingerprint density at radius 3 is 2.68 bits per heavy atom. The molecule has 0 saturated heterocycles. The lowest BCUT2D eigenvalue weighted by molar-refractivity contribution is -0.116. The minimum Gasteiger partial charge on any atom is -0.325 e. The van der Waals surface area contributed by atoms with Crippen molar-refractivity contribution in [2.24, 2.45) is 0 Å². The molecule has 0 aliphatic heterocycles. The van der Waals surface area contributed by atoms with Gasteiger partial charge in [0, 0.05) is 10.4 Å². The van der Waals surface area contributed by atoms with Gasteiger partial charge < -0.3 is 5.32 Å². The van der Waals surface area contributed by atoms with Crippen LogP contribution in [0.25, 0.3) is 20.3 Å². The third kappa shape index (κ3) is 3.29. The number of nitrogens with one attached hydrogen (secondary N) is 1. The van der Waals surface area contributed by atoms with E-state index in [4.69, 9.17) is 0 Å². The predicted molar refractivity (Wildman–Crippen MR) is 111 cm³/mol. The van der Waals surface area contributed by atoms with Gasteiger partial charge in [0.25, 0.3) is 5.56 Å². The second kappa shape index (κ2) is 7.16. The molecule has 4 rings (SSSR count). The van der Waals surface area contributed by atoms with E-state index in [0.717, 1.165) is 0 Å². The SMILES string of the molecule is CC(C)c1ccc(NC(=O)Cn2cnc3c(sc4cccc(F)c43)c2=O)cc1. The van der Waals surface area contributed by atoms with Crippen LogP contribution < -0.4 is 10.9 Å². The molecule has 0 bridgehead atoms. The number of hydrogen-bond donors (Lipinski definition) is 1. The zero-order chi connectivity index (χ0) is 19.8. The average Bonchev–Trinajstić information content (AvgIpc) is 3.05. The smallest absolute Gasteiger partial charge is 0.271 e. The van der Waals surface area contributed by atoms with Crippen LogP contribution in [0.2, 0.25) is 0 Å². The number of rotatable bonds is 4. The maximum absolute atomic E-state index is 14.1. The van der Waals surface area contributed by atoms with Crippen molar-refractivity contribution in [3.63, 3.8) is 0 Å². The lowest BCUT2D eigenvalue weighted by Gasteiger charge is -2.09. The van der Waals surface area contributed by atoms with Crippen molar-refractivity contribution >= 4 is 43.2 Å². The minimum atomic E-state index is -0.406. The first kappa shape index (κ1) is 18.3. The van der Waals surface area contributed by atoms with Gasteiger partial charge in [-0.05, 0) is 35.7 Å². The molecule has 0 fully saturated rings. The summed E-state index contributed by atoms with van der Waals surface area (Å²) in [6.45, 7) is 4.04. The molecular weight excluding hydrogens is 377 g/mol. The van der Waals surface area contributed by atoms with Crippen LogP contribution in [-0.4, -0.2) is 15.5 Å². The Bertz CT molecular complexity index is 1240. The van der Waals surface area contributed by atoms with Gasteiger partial charge in [0.05, 0.1) is 17.2 Å². The number of anilines is 1. The van der Waals surface area contributed by atoms with Crippen molar-refractivity contribution in [2.75, 3.05) is 5.32 Å². The quantitative estimate of drug-likeness (QED) is 0.553. The third-order valence-corrected chi connectivity index (χ3v) is 5.73. The highest BCUT2D eigenvalue weighted by Gasteiger charge is 2.15. The highest BCUT2D eigenvalue weighted by Crippen LogP contribution is 2.31. The van der Waals surface area contributed by atoms with Gasteiger partial charge in [-0.25, -0.2) is 9.37 Å². The number of benzene rings is 2. The van der Waals surface area contributed by atoms with Gasteiger partial charge in [-0.3, -0.25) is 14.2 Å². The molecule has 0 radical (unpaired) electrons. The molecule has 2 aromatic carbocycles. The first-order chi connectivity index (χ1) is 13.4. The normalized spacial score (nSPS) is 11.4. The molecule has 0 aliphatic carbocycles. The number of nitrogens with zero attached hydrogens (tertiary/aromatic N) is 2. The predicted octanol–water partition coefficient (Wildman–Crippen LogP) is 4.51. The molecule has 0 spiro atoms. The van der Waals surface area contributed by atoms with Crippen LogP contribution in [0.1, 0.15) is 25.3 Å². The summed E-state index contributed by atoms with van der Waals surface area (Å²) in [5.41, 5.74) is 1.83. The summed E-state index contributed by atoms with van der Waals surface area (Å²) < 4.78 is 16.4. The van der Waals surface area contributed by atoms with Gasteiger partial charge in [-0.1, -0.05) is 32.0 Å². The first-order valence-corrected chi connectivity index (χ1v) is 9.71. The molecule has 1 amide bonds. The van der Waals surface area contributed by atoms with Gasteiger partial charge >= 0.3 is 0 Å². The van der Waals surface area contributed by atoms with Crippen molar-refractivity contribution in [2.45, 2.75) is 26.3 Å². The fourth-order valence-corrected chi connectivity index (χ4v) is 4.21. The van der Waals surface area contributed by atoms with Crippen molar-refractivity contribution in [1.29, 1.82) is 0 Å². The van der Waals surface area contributed by atoms with E-state index in [1.807, 2.05) is 24.3 Å². The second-order valence-corrected chi connectivity index (χ2v) is 7.95. The number of hydrogen-bond acceptors (Lipinski definition) is 4. The van der Waals surface area contributed by atoms with Crippen molar-refractivity contribution in [1.82, 2.24) is 9.55 Å². The fraction of sp³-hybridized carbons (Fsp3) is 0.190. The Hall–Kier alpha value is -3.06. The number of fused-ring (bicyclic) bond motifs is 3. The lowest BCUT2D eigenvalue weighted by atomic mass is 10.0. The Balaban J connectivity index is 1.60. The molecule has 142 valence electrons. The molecule has 7 heteroatoms. The van der Waals surface area contributed by atoms with Crippen LogP contribution in [0, 0.1) is 5.82 Å². The minimum absolute atomic E-state index is 0.162. The van der Waals surface area contributed by atoms with Crippen molar-refractivity contribution in [3.8, 4) is 0 Å². The number of aromatic nitrogens is 2. The number of carbonyl (C=O) groups excluding carboxylic acids is 1. The van der Waals surface area contributed by atoms with Crippen LogP contribution in [0.4, 0.5) is 10.1 Å². The monoisotopic (exact) mass is 395 g/mol. The summed E-state index contributed by atoms with van der Waals surface area (Å²) in [7, 11) is 0. The summed E-state index contributed by atoms with van der Waals surface area (Å²) in [4.78, 5) is 29.3. The van der Waals surface area contributed by atoms with Gasteiger partial charge in [0.15, 0.2) is 0 Å². The van der Waals surface area contributed by atoms with Gasteiger partial charge in [0.1, 0.15) is 17.1 Å². The molecule has 0 unspecified atom stereocenters. The average molecular weight is 395 g/mol. The number of halogens is 1. The van der Waals surface area contributed by atoms with Gasteiger partial charge in [-0.2, -0.15) is 0 Å². The van der Waals surface area contributed by atoms with Crippen molar-refractivity contribution in [3.05, 3.63) is 70.5 Å². The Morgan fingerprint density at radius 2 is 1.96 bits per heavy atom. The molecule has 4 aromatic rings. The van der Waals surface area contributed by atoms with E-state index >= 15 is 0 Å². The van der Waals surface area contributed by atoms with E-state index < -0.39 is 5.82 Å². The summed E-state index contributed by atoms with van der Waals surface area (Å²) in [6, 6.07) is 12.3. The molecule has 2 aromatic heterocycles. The van der Waals surface area contributed by atoms with E-state index in [1.54, 1.807) is 12.1 Å². The highest BCUT2D eigenvalue weighted by atomic mass is 32.1. The van der Waals surface area contributed by atoms with Crippen LogP contribution >= 0.6 is 11.3 Å². The van der Waals surface area contributed by atoms with E-state index in [0.29, 0.717) is 31.9 Å². The zero-order valence-electron chi connectivity index (χ0n) is 15.4. The van der Waals surface area contributed by atoms with Crippen molar-refractivity contribution < 1.29 is 9.18 Å². The van der Waals surface area contributed by atoms with E-state index in [1.165, 1.54) is 33.9 Å². The molecule has 0 saturated carbocycles. The standard InChI is InChI=1S/C21H18FN3O2S/c1-12(2)13-6-8-14(9-7-13)24-17(26)10-25-11-23-19-18-15(22)4-3-5-16(18)28-20(19)21(25)27/h3-9,11-12H,10H2,1-2H3,(H,24,26). The number of amides is 1. The zero-order valence-corrected chi connectivity index (χ0v) is 16.2. The molecule has 2 heterocycles. The lowest BCUT2D eigenvalue weighted by Crippen LogP contribution is -2.27. The van der Waals surface area contributed by atoms with E-state index in [2.05, 4.69) is 24.1 Å². The summed E-state index contributed by atoms with van der Waals surface area (Å²) in [6.07, 6.45) is 1.30. The largest absolute Gasteiger partial charge is 0.325 e. The molecule has 0 atom stereocenters. The Morgan fingerprint density at radius 1 is 1.21 bits per heavy atom. The molecule has 5 nitrogen and oxygen atoms in total. The molecule has 1 N–H and O–H groups in total. The summed E-state index contributed by atoms with van der Waals surface area (Å²) >= 11 is 1.18. The Kier molecular flexibility index (Phi) is 4.68. The maximum atomic E-state index is 14.1. The summed E-state index contributed by atoms with van der Waals surface area (Å²) in [5, 5.41) is 3.13. The Labute approximate surface area is 164 Å². The maximum Gasteiger partial charge on any atom is 0.271 e. The van der Waals surface area contributed by atoms with Crippen LogP contribution in [0.5, 0.6) is 0 Å². The first-order valence-electron chi connectivity index (χ1n) is 8.90. The molecular formula is C21H18FN3O2S. The van der Waals surface area contributed by atoms with Gasteiger partial charge in [-0.15, -0.1) is 11.3 Å². The highest BCUT2D eigenvalue weighted by molar-refractivity contribution is 7.25. The number of carbonyl (C=O) groups is 1. The molecule has 0 aliphatic rings. The van der Waals surface area contributed by atoms with Crippen LogP contribution in [0.15, 0.2) is 53.6 Å². The summed E-state index contributed by atoms with van der Waals surface area (Å²) in [5.74, 6) is -0.323.